The van der Waals surface area contributed by atoms with E-state index in [9.17, 15) is 9.59 Å². The molecule has 1 fully saturated rings. The number of aromatic nitrogens is 1. The number of carbonyl (C=O) groups excluding carboxylic acids is 2. The van der Waals surface area contributed by atoms with Crippen LogP contribution in [-0.2, 0) is 0 Å². The minimum atomic E-state index is -0.135. The fraction of sp³-hybridized carbons (Fsp3) is 0.421. The first-order valence-electron chi connectivity index (χ1n) is 8.97. The monoisotopic (exact) mass is 356 g/mol. The highest BCUT2D eigenvalue weighted by Crippen LogP contribution is 2.15. The Kier molecular flexibility index (Phi) is 5.55. The molecular weight excluding hydrogens is 332 g/mol. The summed E-state index contributed by atoms with van der Waals surface area (Å²) in [4.78, 5) is 34.9. The van der Waals surface area contributed by atoms with Crippen LogP contribution in [0.4, 0.5) is 5.69 Å². The van der Waals surface area contributed by atoms with Crippen LogP contribution in [-0.4, -0.2) is 65.9 Å². The van der Waals surface area contributed by atoms with Gasteiger partial charge >= 0.3 is 0 Å². The van der Waals surface area contributed by atoms with Gasteiger partial charge < -0.3 is 19.1 Å². The van der Waals surface area contributed by atoms with Crippen molar-refractivity contribution in [3.05, 3.63) is 48.2 Å². The van der Waals surface area contributed by atoms with Crippen molar-refractivity contribution in [1.29, 1.82) is 0 Å². The summed E-state index contributed by atoms with van der Waals surface area (Å²) in [7, 11) is 0. The van der Waals surface area contributed by atoms with E-state index in [1.165, 1.54) is 6.26 Å². The van der Waals surface area contributed by atoms with Crippen LogP contribution in [0, 0.1) is 0 Å². The second-order valence-electron chi connectivity index (χ2n) is 6.14. The lowest BCUT2D eigenvalue weighted by Crippen LogP contribution is -2.50. The quantitative estimate of drug-likeness (QED) is 0.821. The van der Waals surface area contributed by atoms with Gasteiger partial charge in [-0.15, -0.1) is 0 Å². The van der Waals surface area contributed by atoms with Gasteiger partial charge in [0.1, 0.15) is 5.69 Å². The van der Waals surface area contributed by atoms with E-state index < -0.39 is 0 Å². The number of rotatable bonds is 5. The number of anilines is 1. The Hall–Kier alpha value is -2.83. The number of pyridine rings is 1. The van der Waals surface area contributed by atoms with Gasteiger partial charge in [0.15, 0.2) is 5.76 Å². The van der Waals surface area contributed by atoms with Gasteiger partial charge in [-0.2, -0.15) is 0 Å². The minimum Gasteiger partial charge on any atom is -0.459 e. The lowest BCUT2D eigenvalue weighted by molar-refractivity contribution is 0.0515. The topological polar surface area (TPSA) is 69.9 Å². The predicted molar refractivity (Wildman–Crippen MR) is 98.3 cm³/mol. The smallest absolute Gasteiger partial charge is 0.289 e. The Labute approximate surface area is 153 Å². The molecule has 0 radical (unpaired) electrons. The first-order chi connectivity index (χ1) is 12.6. The molecule has 26 heavy (non-hydrogen) atoms. The summed E-state index contributed by atoms with van der Waals surface area (Å²) in [6.45, 7) is 7.94. The molecule has 3 rings (SSSR count). The third-order valence-corrected chi connectivity index (χ3v) is 4.68. The second kappa shape index (κ2) is 8.03. The maximum absolute atomic E-state index is 12.7. The maximum atomic E-state index is 12.7. The number of nitrogens with zero attached hydrogens (tertiary/aromatic N) is 4. The van der Waals surface area contributed by atoms with E-state index in [-0.39, 0.29) is 11.8 Å². The second-order valence-corrected chi connectivity index (χ2v) is 6.14. The Morgan fingerprint density at radius 1 is 1.04 bits per heavy atom. The normalized spacial score (nSPS) is 14.4. The standard InChI is InChI=1S/C19H24N4O3/c1-3-21(4-2)15-7-8-16(20-14-15)18(24)22-9-11-23(12-10-22)19(25)17-6-5-13-26-17/h5-8,13-14H,3-4,9-12H2,1-2H3. The van der Waals surface area contributed by atoms with Crippen molar-refractivity contribution in [3.8, 4) is 0 Å². The van der Waals surface area contributed by atoms with Gasteiger partial charge in [-0.25, -0.2) is 4.98 Å². The fourth-order valence-electron chi connectivity index (χ4n) is 3.12. The van der Waals surface area contributed by atoms with Crippen LogP contribution < -0.4 is 4.90 Å². The zero-order valence-electron chi connectivity index (χ0n) is 15.2. The molecule has 0 aliphatic carbocycles. The highest BCUT2D eigenvalue weighted by Gasteiger charge is 2.27. The number of hydrogen-bond donors (Lipinski definition) is 0. The minimum absolute atomic E-state index is 0.0961. The third-order valence-electron chi connectivity index (χ3n) is 4.68. The molecule has 2 amide bonds. The Bertz CT molecular complexity index is 731. The number of carbonyl (C=O) groups is 2. The number of hydrogen-bond acceptors (Lipinski definition) is 5. The molecule has 7 nitrogen and oxygen atoms in total. The molecule has 1 aliphatic rings. The van der Waals surface area contributed by atoms with Crippen molar-refractivity contribution in [1.82, 2.24) is 14.8 Å². The number of piperazine rings is 1. The zero-order chi connectivity index (χ0) is 18.5. The lowest BCUT2D eigenvalue weighted by atomic mass is 10.2. The molecule has 0 aromatic carbocycles. The molecule has 3 heterocycles. The molecule has 2 aromatic heterocycles. The zero-order valence-corrected chi connectivity index (χ0v) is 15.2. The maximum Gasteiger partial charge on any atom is 0.289 e. The van der Waals surface area contributed by atoms with E-state index in [0.29, 0.717) is 37.6 Å². The van der Waals surface area contributed by atoms with Gasteiger partial charge in [-0.1, -0.05) is 0 Å². The molecule has 2 aromatic rings. The highest BCUT2D eigenvalue weighted by molar-refractivity contribution is 5.93. The van der Waals surface area contributed by atoms with Gasteiger partial charge in [0.2, 0.25) is 0 Å². The van der Waals surface area contributed by atoms with E-state index in [4.69, 9.17) is 4.42 Å². The van der Waals surface area contributed by atoms with Crippen LogP contribution in [0.25, 0.3) is 0 Å². The highest BCUT2D eigenvalue weighted by atomic mass is 16.3. The molecular formula is C19H24N4O3. The Morgan fingerprint density at radius 2 is 1.69 bits per heavy atom. The molecule has 1 saturated heterocycles. The summed E-state index contributed by atoms with van der Waals surface area (Å²) in [5, 5.41) is 0. The van der Waals surface area contributed by atoms with E-state index in [1.807, 2.05) is 6.07 Å². The van der Waals surface area contributed by atoms with E-state index in [0.717, 1.165) is 18.8 Å². The molecule has 1 aliphatic heterocycles. The first-order valence-corrected chi connectivity index (χ1v) is 8.97. The largest absolute Gasteiger partial charge is 0.459 e. The summed E-state index contributed by atoms with van der Waals surface area (Å²) in [6, 6.07) is 7.06. The molecule has 0 N–H and O–H groups in total. The van der Waals surface area contributed by atoms with Crippen LogP contribution in [0.2, 0.25) is 0 Å². The molecule has 0 bridgehead atoms. The van der Waals surface area contributed by atoms with Crippen molar-refractivity contribution in [3.63, 3.8) is 0 Å². The summed E-state index contributed by atoms with van der Waals surface area (Å²) < 4.78 is 5.16. The Balaban J connectivity index is 1.59. The van der Waals surface area contributed by atoms with Gasteiger partial charge in [-0.05, 0) is 38.1 Å². The van der Waals surface area contributed by atoms with Crippen LogP contribution in [0.1, 0.15) is 34.9 Å². The molecule has 0 unspecified atom stereocenters. The van der Waals surface area contributed by atoms with Crippen LogP contribution >= 0.6 is 0 Å². The van der Waals surface area contributed by atoms with Crippen molar-refractivity contribution in [2.45, 2.75) is 13.8 Å². The molecule has 7 heteroatoms. The Morgan fingerprint density at radius 3 is 2.19 bits per heavy atom. The van der Waals surface area contributed by atoms with Gasteiger partial charge in [0, 0.05) is 39.3 Å². The van der Waals surface area contributed by atoms with Gasteiger partial charge in [0.05, 0.1) is 18.1 Å². The molecule has 0 saturated carbocycles. The lowest BCUT2D eigenvalue weighted by Gasteiger charge is -2.34. The average molecular weight is 356 g/mol. The van der Waals surface area contributed by atoms with E-state index in [1.54, 1.807) is 34.2 Å². The number of amides is 2. The van der Waals surface area contributed by atoms with Crippen molar-refractivity contribution in [2.24, 2.45) is 0 Å². The van der Waals surface area contributed by atoms with Crippen molar-refractivity contribution >= 4 is 17.5 Å². The van der Waals surface area contributed by atoms with Crippen LogP contribution in [0.5, 0.6) is 0 Å². The van der Waals surface area contributed by atoms with Crippen molar-refractivity contribution in [2.75, 3.05) is 44.2 Å². The van der Waals surface area contributed by atoms with E-state index in [2.05, 4.69) is 23.7 Å². The van der Waals surface area contributed by atoms with Crippen LogP contribution in [0.3, 0.4) is 0 Å². The van der Waals surface area contributed by atoms with Gasteiger partial charge in [-0.3, -0.25) is 9.59 Å². The number of furan rings is 1. The van der Waals surface area contributed by atoms with Crippen LogP contribution in [0.15, 0.2) is 41.1 Å². The first kappa shape index (κ1) is 18.0. The van der Waals surface area contributed by atoms with Crippen molar-refractivity contribution < 1.29 is 14.0 Å². The fourth-order valence-corrected chi connectivity index (χ4v) is 3.12. The molecule has 0 spiro atoms. The van der Waals surface area contributed by atoms with E-state index >= 15 is 0 Å². The summed E-state index contributed by atoms with van der Waals surface area (Å²) in [5.41, 5.74) is 1.45. The molecule has 138 valence electrons. The summed E-state index contributed by atoms with van der Waals surface area (Å²) in [6.07, 6.45) is 3.23. The average Bonchev–Trinajstić information content (AvgIpc) is 3.23. The SMILES string of the molecule is CCN(CC)c1ccc(C(=O)N2CCN(C(=O)c3ccco3)CC2)nc1. The predicted octanol–water partition coefficient (Wildman–Crippen LogP) is 2.12. The summed E-state index contributed by atoms with van der Waals surface area (Å²) in [5.74, 6) is 0.100. The van der Waals surface area contributed by atoms with Gasteiger partial charge in [0.25, 0.3) is 11.8 Å². The third kappa shape index (κ3) is 3.71. The summed E-state index contributed by atoms with van der Waals surface area (Å²) >= 11 is 0. The molecule has 0 atom stereocenters.